The molecule has 3 rings (SSSR count). The average Bonchev–Trinajstić information content (AvgIpc) is 2.71. The maximum atomic E-state index is 10.0. The molecule has 0 saturated heterocycles. The molecule has 0 aliphatic heterocycles. The van der Waals surface area contributed by atoms with Crippen LogP contribution in [0.25, 0.3) is 6.08 Å². The summed E-state index contributed by atoms with van der Waals surface area (Å²) >= 11 is 0. The molecule has 0 heterocycles. The lowest BCUT2D eigenvalue weighted by molar-refractivity contribution is 0.474. The van der Waals surface area contributed by atoms with Crippen molar-refractivity contribution in [2.45, 2.75) is 39.5 Å². The average molecular weight is 371 g/mol. The summed E-state index contributed by atoms with van der Waals surface area (Å²) in [5, 5.41) is 10.0. The molecule has 0 fully saturated rings. The summed E-state index contributed by atoms with van der Waals surface area (Å²) in [4.78, 5) is 0. The van der Waals surface area contributed by atoms with Crippen molar-refractivity contribution < 1.29 is 5.11 Å². The van der Waals surface area contributed by atoms with E-state index in [1.54, 1.807) is 6.07 Å². The van der Waals surface area contributed by atoms with Crippen molar-refractivity contribution in [2.24, 2.45) is 5.92 Å². The third-order valence-corrected chi connectivity index (χ3v) is 5.33. The van der Waals surface area contributed by atoms with Crippen LogP contribution in [0.2, 0.25) is 0 Å². The fourth-order valence-electron chi connectivity index (χ4n) is 3.42. The van der Waals surface area contributed by atoms with Crippen LogP contribution in [-0.4, -0.2) is 5.11 Å². The van der Waals surface area contributed by atoms with E-state index in [9.17, 15) is 5.11 Å². The second-order valence-corrected chi connectivity index (χ2v) is 7.73. The Kier molecular flexibility index (Phi) is 7.08. The number of hydrogen-bond donors (Lipinski definition) is 1. The van der Waals surface area contributed by atoms with Crippen LogP contribution >= 0.6 is 0 Å². The molecule has 0 aliphatic rings. The van der Waals surface area contributed by atoms with Gasteiger partial charge in [0.2, 0.25) is 0 Å². The number of aromatic hydroxyl groups is 1. The Bertz CT molecular complexity index is 839. The molecule has 0 radical (unpaired) electrons. The summed E-state index contributed by atoms with van der Waals surface area (Å²) in [6.07, 6.45) is 8.72. The van der Waals surface area contributed by atoms with E-state index in [1.165, 1.54) is 22.3 Å². The van der Waals surface area contributed by atoms with Crippen LogP contribution in [0, 0.1) is 19.8 Å². The van der Waals surface area contributed by atoms with Gasteiger partial charge in [0.05, 0.1) is 0 Å². The molecule has 144 valence electrons. The van der Waals surface area contributed by atoms with Crippen molar-refractivity contribution in [2.75, 3.05) is 0 Å². The number of para-hydroxylation sites is 1. The predicted molar refractivity (Wildman–Crippen MR) is 120 cm³/mol. The molecule has 1 nitrogen and oxygen atoms in total. The van der Waals surface area contributed by atoms with Gasteiger partial charge in [-0.25, -0.2) is 0 Å². The highest BCUT2D eigenvalue weighted by Crippen LogP contribution is 2.23. The van der Waals surface area contributed by atoms with Gasteiger partial charge < -0.3 is 5.11 Å². The van der Waals surface area contributed by atoms with E-state index >= 15 is 0 Å². The molecule has 0 unspecified atom stereocenters. The Morgan fingerprint density at radius 1 is 0.714 bits per heavy atom. The van der Waals surface area contributed by atoms with E-state index in [0.717, 1.165) is 31.2 Å². The third-order valence-electron chi connectivity index (χ3n) is 5.33. The number of allylic oxidation sites excluding steroid dienone is 1. The van der Waals surface area contributed by atoms with E-state index in [1.807, 2.05) is 18.2 Å². The van der Waals surface area contributed by atoms with Crippen molar-refractivity contribution >= 4 is 6.08 Å². The van der Waals surface area contributed by atoms with Crippen LogP contribution in [0.5, 0.6) is 5.75 Å². The van der Waals surface area contributed by atoms with Gasteiger partial charge in [-0.05, 0) is 62.6 Å². The molecule has 0 atom stereocenters. The number of rotatable bonds is 8. The SMILES string of the molecule is Cc1ccc(CCC(/C=C/c2ccccc2O)CCc2ccc(C)cc2)cc1. The molecule has 1 N–H and O–H groups in total. The molecule has 0 aliphatic carbocycles. The quantitative estimate of drug-likeness (QED) is 0.457. The number of benzene rings is 3. The topological polar surface area (TPSA) is 20.2 Å². The number of aryl methyl sites for hydroxylation is 4. The third kappa shape index (κ3) is 6.13. The van der Waals surface area contributed by atoms with Crippen LogP contribution < -0.4 is 0 Å². The fraction of sp³-hybridized carbons (Fsp3) is 0.259. The van der Waals surface area contributed by atoms with Crippen molar-refractivity contribution in [1.82, 2.24) is 0 Å². The van der Waals surface area contributed by atoms with Gasteiger partial charge in [0.25, 0.3) is 0 Å². The Morgan fingerprint density at radius 2 is 1.21 bits per heavy atom. The molecule has 0 spiro atoms. The molecule has 28 heavy (non-hydrogen) atoms. The molecule has 1 heteroatoms. The maximum absolute atomic E-state index is 10.0. The second-order valence-electron chi connectivity index (χ2n) is 7.73. The largest absolute Gasteiger partial charge is 0.507 e. The van der Waals surface area contributed by atoms with Crippen molar-refractivity contribution in [3.63, 3.8) is 0 Å². The minimum atomic E-state index is 0.342. The Balaban J connectivity index is 1.67. The van der Waals surface area contributed by atoms with E-state index in [4.69, 9.17) is 0 Å². The van der Waals surface area contributed by atoms with E-state index in [-0.39, 0.29) is 0 Å². The maximum Gasteiger partial charge on any atom is 0.122 e. The van der Waals surface area contributed by atoms with Gasteiger partial charge >= 0.3 is 0 Å². The highest BCUT2D eigenvalue weighted by molar-refractivity contribution is 5.56. The first-order chi connectivity index (χ1) is 13.6. The molecular weight excluding hydrogens is 340 g/mol. The summed E-state index contributed by atoms with van der Waals surface area (Å²) < 4.78 is 0. The van der Waals surface area contributed by atoms with Gasteiger partial charge in [-0.2, -0.15) is 0 Å². The molecule has 0 aromatic heterocycles. The highest BCUT2D eigenvalue weighted by atomic mass is 16.3. The second kappa shape index (κ2) is 9.94. The summed E-state index contributed by atoms with van der Waals surface area (Å²) in [5.41, 5.74) is 6.28. The lowest BCUT2D eigenvalue weighted by Crippen LogP contribution is -2.02. The Morgan fingerprint density at radius 3 is 1.71 bits per heavy atom. The number of hydrogen-bond acceptors (Lipinski definition) is 1. The minimum Gasteiger partial charge on any atom is -0.507 e. The van der Waals surface area contributed by atoms with E-state index in [0.29, 0.717) is 11.7 Å². The van der Waals surface area contributed by atoms with Crippen LogP contribution in [0.15, 0.2) is 78.9 Å². The van der Waals surface area contributed by atoms with Gasteiger partial charge in [0.15, 0.2) is 0 Å². The van der Waals surface area contributed by atoms with Gasteiger partial charge in [-0.3, -0.25) is 0 Å². The van der Waals surface area contributed by atoms with Gasteiger partial charge in [-0.15, -0.1) is 0 Å². The first kappa shape index (κ1) is 19.9. The van der Waals surface area contributed by atoms with Crippen LogP contribution in [0.1, 0.15) is 40.7 Å². The lowest BCUT2D eigenvalue weighted by atomic mass is 9.92. The summed E-state index contributed by atoms with van der Waals surface area (Å²) in [7, 11) is 0. The monoisotopic (exact) mass is 370 g/mol. The van der Waals surface area contributed by atoms with E-state index < -0.39 is 0 Å². The highest BCUT2D eigenvalue weighted by Gasteiger charge is 2.07. The molecule has 0 bridgehead atoms. The molecule has 3 aromatic rings. The molecule has 0 saturated carbocycles. The zero-order valence-corrected chi connectivity index (χ0v) is 16.9. The smallest absolute Gasteiger partial charge is 0.122 e. The van der Waals surface area contributed by atoms with Crippen LogP contribution in [-0.2, 0) is 12.8 Å². The standard InChI is InChI=1S/C27H30O/c1-21-7-11-23(12-8-21)15-17-25(18-16-24-13-9-22(2)10-14-24)19-20-26-5-3-4-6-27(26)28/h3-14,19-20,25,28H,15-18H2,1-2H3/b20-19+. The van der Waals surface area contributed by atoms with Crippen molar-refractivity contribution in [1.29, 1.82) is 0 Å². The summed E-state index contributed by atoms with van der Waals surface area (Å²) in [6, 6.07) is 25.2. The Hall–Kier alpha value is -2.80. The predicted octanol–water partition coefficient (Wildman–Crippen LogP) is 6.90. The molecule has 3 aromatic carbocycles. The lowest BCUT2D eigenvalue weighted by Gasteiger charge is -2.14. The summed E-state index contributed by atoms with van der Waals surface area (Å²) in [6.45, 7) is 4.26. The zero-order valence-electron chi connectivity index (χ0n) is 16.9. The molecular formula is C27H30O. The van der Waals surface area contributed by atoms with Gasteiger partial charge in [0, 0.05) is 5.56 Å². The fourth-order valence-corrected chi connectivity index (χ4v) is 3.42. The van der Waals surface area contributed by atoms with Crippen LogP contribution in [0.4, 0.5) is 0 Å². The van der Waals surface area contributed by atoms with Gasteiger partial charge in [0.1, 0.15) is 5.75 Å². The first-order valence-corrected chi connectivity index (χ1v) is 10.2. The summed E-state index contributed by atoms with van der Waals surface area (Å²) in [5.74, 6) is 0.816. The molecule has 0 amide bonds. The van der Waals surface area contributed by atoms with E-state index in [2.05, 4.69) is 74.5 Å². The normalized spacial score (nSPS) is 11.4. The van der Waals surface area contributed by atoms with Crippen molar-refractivity contribution in [3.05, 3.63) is 107 Å². The van der Waals surface area contributed by atoms with Crippen LogP contribution in [0.3, 0.4) is 0 Å². The van der Waals surface area contributed by atoms with Gasteiger partial charge in [-0.1, -0.05) is 90.0 Å². The first-order valence-electron chi connectivity index (χ1n) is 10.2. The minimum absolute atomic E-state index is 0.342. The Labute approximate surface area is 169 Å². The zero-order chi connectivity index (χ0) is 19.8. The van der Waals surface area contributed by atoms with Crippen molar-refractivity contribution in [3.8, 4) is 5.75 Å². The number of phenolic OH excluding ortho intramolecular Hbond substituents is 1. The number of phenols is 1.